The van der Waals surface area contributed by atoms with Gasteiger partial charge < -0.3 is 5.32 Å². The Balaban J connectivity index is 2.15. The van der Waals surface area contributed by atoms with Gasteiger partial charge in [-0.25, -0.2) is 9.78 Å². The van der Waals surface area contributed by atoms with Gasteiger partial charge in [0.25, 0.3) is 5.56 Å². The van der Waals surface area contributed by atoms with Gasteiger partial charge in [0.05, 0.1) is 21.8 Å². The van der Waals surface area contributed by atoms with E-state index in [0.717, 1.165) is 28.6 Å². The van der Waals surface area contributed by atoms with Crippen molar-refractivity contribution >= 4 is 34.6 Å². The molecule has 0 aliphatic rings. The molecule has 1 heterocycles. The Bertz CT molecular complexity index is 1160. The molecule has 2 N–H and O–H groups in total. The van der Waals surface area contributed by atoms with Crippen LogP contribution in [0, 0.1) is 13.8 Å². The van der Waals surface area contributed by atoms with Crippen molar-refractivity contribution in [3.63, 3.8) is 0 Å². The standard InChI is InChI=1S/C21H22N4O3S/c1-12-9-10-13(2)17(11-12)25-19(27)15-7-5-6-8-16(15)23-21(25)29-14(3)18(26)24-20(28)22-4/h5-11,14H,1-4H3,(H2,22,24,26,28)/t14-/m1/s1. The number of hydrogen-bond acceptors (Lipinski definition) is 5. The first-order chi connectivity index (χ1) is 13.8. The number of rotatable bonds is 4. The summed E-state index contributed by atoms with van der Waals surface area (Å²) < 4.78 is 1.54. The van der Waals surface area contributed by atoms with E-state index in [1.165, 1.54) is 7.05 Å². The van der Waals surface area contributed by atoms with Gasteiger partial charge in [-0.2, -0.15) is 0 Å². The lowest BCUT2D eigenvalue weighted by Gasteiger charge is -2.18. The molecule has 1 atom stereocenters. The molecule has 0 saturated heterocycles. The van der Waals surface area contributed by atoms with Gasteiger partial charge in [-0.3, -0.25) is 19.5 Å². The number of nitrogens with one attached hydrogen (secondary N) is 2. The van der Waals surface area contributed by atoms with Crippen LogP contribution >= 0.6 is 11.8 Å². The predicted octanol–water partition coefficient (Wildman–Crippen LogP) is 2.94. The van der Waals surface area contributed by atoms with Gasteiger partial charge in [-0.05, 0) is 50.1 Å². The number of carbonyl (C=O) groups is 2. The fraction of sp³-hybridized carbons (Fsp3) is 0.238. The highest BCUT2D eigenvalue weighted by molar-refractivity contribution is 8.00. The molecule has 3 aromatic rings. The summed E-state index contributed by atoms with van der Waals surface area (Å²) in [5.41, 5.74) is 2.99. The second-order valence-electron chi connectivity index (χ2n) is 6.67. The van der Waals surface area contributed by atoms with Crippen molar-refractivity contribution in [2.24, 2.45) is 0 Å². The van der Waals surface area contributed by atoms with Gasteiger partial charge >= 0.3 is 6.03 Å². The Kier molecular flexibility index (Phi) is 6.03. The zero-order chi connectivity index (χ0) is 21.1. The van der Waals surface area contributed by atoms with Gasteiger partial charge in [0.15, 0.2) is 5.16 Å². The Morgan fingerprint density at radius 3 is 2.59 bits per heavy atom. The average Bonchev–Trinajstić information content (AvgIpc) is 2.70. The van der Waals surface area contributed by atoms with E-state index in [2.05, 4.69) is 15.6 Å². The van der Waals surface area contributed by atoms with Crippen LogP contribution in [0.5, 0.6) is 0 Å². The number of amides is 3. The molecule has 8 heteroatoms. The molecule has 0 radical (unpaired) electrons. The van der Waals surface area contributed by atoms with E-state index in [1.807, 2.05) is 38.1 Å². The van der Waals surface area contributed by atoms with E-state index in [4.69, 9.17) is 0 Å². The molecule has 0 aliphatic heterocycles. The summed E-state index contributed by atoms with van der Waals surface area (Å²) in [6.45, 7) is 5.54. The summed E-state index contributed by atoms with van der Waals surface area (Å²) >= 11 is 1.13. The minimum atomic E-state index is -0.642. The second-order valence-corrected chi connectivity index (χ2v) is 7.98. The topological polar surface area (TPSA) is 93.1 Å². The van der Waals surface area contributed by atoms with Gasteiger partial charge in [-0.15, -0.1) is 0 Å². The number of nitrogens with zero attached hydrogens (tertiary/aromatic N) is 2. The third-order valence-corrected chi connectivity index (χ3v) is 5.52. The molecular formula is C21H22N4O3S. The van der Waals surface area contributed by atoms with Crippen molar-refractivity contribution in [3.8, 4) is 5.69 Å². The Labute approximate surface area is 172 Å². The molecule has 0 unspecified atom stereocenters. The van der Waals surface area contributed by atoms with Crippen LogP contribution in [0.3, 0.4) is 0 Å². The maximum Gasteiger partial charge on any atom is 0.321 e. The average molecular weight is 410 g/mol. The molecule has 3 amide bonds. The first-order valence-corrected chi connectivity index (χ1v) is 9.98. The molecule has 0 aliphatic carbocycles. The molecule has 150 valence electrons. The number of para-hydroxylation sites is 1. The van der Waals surface area contributed by atoms with Crippen LogP contribution < -0.4 is 16.2 Å². The maximum atomic E-state index is 13.3. The zero-order valence-electron chi connectivity index (χ0n) is 16.6. The number of thioether (sulfide) groups is 1. The molecule has 0 saturated carbocycles. The molecular weight excluding hydrogens is 388 g/mol. The predicted molar refractivity (Wildman–Crippen MR) is 115 cm³/mol. The highest BCUT2D eigenvalue weighted by atomic mass is 32.2. The third kappa shape index (κ3) is 4.32. The molecule has 0 spiro atoms. The molecule has 7 nitrogen and oxygen atoms in total. The lowest BCUT2D eigenvalue weighted by molar-refractivity contribution is -0.119. The van der Waals surface area contributed by atoms with Crippen LogP contribution in [0.1, 0.15) is 18.1 Å². The number of aryl methyl sites for hydroxylation is 2. The number of carbonyl (C=O) groups excluding carboxylic acids is 2. The number of hydrogen-bond donors (Lipinski definition) is 2. The molecule has 29 heavy (non-hydrogen) atoms. The monoisotopic (exact) mass is 410 g/mol. The summed E-state index contributed by atoms with van der Waals surface area (Å²) in [4.78, 5) is 41.8. The number of aromatic nitrogens is 2. The lowest BCUT2D eigenvalue weighted by Crippen LogP contribution is -2.41. The molecule has 0 bridgehead atoms. The molecule has 1 aromatic heterocycles. The number of benzene rings is 2. The fourth-order valence-electron chi connectivity index (χ4n) is 2.85. The van der Waals surface area contributed by atoms with Gasteiger partial charge in [0, 0.05) is 7.05 Å². The first-order valence-electron chi connectivity index (χ1n) is 9.10. The Morgan fingerprint density at radius 2 is 1.86 bits per heavy atom. The number of urea groups is 1. The normalized spacial score (nSPS) is 11.9. The highest BCUT2D eigenvalue weighted by Gasteiger charge is 2.22. The van der Waals surface area contributed by atoms with E-state index < -0.39 is 17.2 Å². The third-order valence-electron chi connectivity index (χ3n) is 4.47. The van der Waals surface area contributed by atoms with Gasteiger partial charge in [0.2, 0.25) is 5.91 Å². The second kappa shape index (κ2) is 8.48. The van der Waals surface area contributed by atoms with E-state index >= 15 is 0 Å². The zero-order valence-corrected chi connectivity index (χ0v) is 17.5. The molecule has 3 rings (SSSR count). The summed E-state index contributed by atoms with van der Waals surface area (Å²) in [6, 6.07) is 12.4. The largest absolute Gasteiger partial charge is 0.341 e. The smallest absolute Gasteiger partial charge is 0.321 e. The SMILES string of the molecule is CNC(=O)NC(=O)[C@@H](C)Sc1nc2ccccc2c(=O)n1-c1cc(C)ccc1C. The van der Waals surface area contributed by atoms with Crippen molar-refractivity contribution < 1.29 is 9.59 Å². The van der Waals surface area contributed by atoms with E-state index in [9.17, 15) is 14.4 Å². The van der Waals surface area contributed by atoms with Crippen LogP contribution in [0.4, 0.5) is 4.79 Å². The van der Waals surface area contributed by atoms with Crippen LogP contribution in [0.25, 0.3) is 16.6 Å². The summed E-state index contributed by atoms with van der Waals surface area (Å²) in [7, 11) is 1.43. The minimum Gasteiger partial charge on any atom is -0.341 e. The van der Waals surface area contributed by atoms with Crippen molar-refractivity contribution in [1.29, 1.82) is 0 Å². The lowest BCUT2D eigenvalue weighted by atomic mass is 10.1. The first kappa shape index (κ1) is 20.6. The van der Waals surface area contributed by atoms with Crippen molar-refractivity contribution in [2.45, 2.75) is 31.2 Å². The number of fused-ring (bicyclic) bond motifs is 1. The molecule has 2 aromatic carbocycles. The Hall–Kier alpha value is -3.13. The van der Waals surface area contributed by atoms with Crippen LogP contribution in [0.2, 0.25) is 0 Å². The van der Waals surface area contributed by atoms with Crippen molar-refractivity contribution in [2.75, 3.05) is 7.05 Å². The van der Waals surface area contributed by atoms with E-state index in [-0.39, 0.29) is 5.56 Å². The highest BCUT2D eigenvalue weighted by Crippen LogP contribution is 2.26. The number of imide groups is 1. The minimum absolute atomic E-state index is 0.203. The summed E-state index contributed by atoms with van der Waals surface area (Å²) in [6.07, 6.45) is 0. The summed E-state index contributed by atoms with van der Waals surface area (Å²) in [5, 5.41) is 4.85. The quantitative estimate of drug-likeness (QED) is 0.510. The maximum absolute atomic E-state index is 13.3. The van der Waals surface area contributed by atoms with Crippen LogP contribution in [0.15, 0.2) is 52.4 Å². The van der Waals surface area contributed by atoms with Gasteiger partial charge in [0.1, 0.15) is 0 Å². The Morgan fingerprint density at radius 1 is 1.14 bits per heavy atom. The fourth-order valence-corrected chi connectivity index (χ4v) is 3.77. The van der Waals surface area contributed by atoms with Crippen LogP contribution in [-0.4, -0.2) is 33.8 Å². The van der Waals surface area contributed by atoms with Gasteiger partial charge in [-0.1, -0.05) is 36.0 Å². The van der Waals surface area contributed by atoms with E-state index in [1.54, 1.807) is 29.7 Å². The summed E-state index contributed by atoms with van der Waals surface area (Å²) in [5.74, 6) is -0.468. The van der Waals surface area contributed by atoms with E-state index in [0.29, 0.717) is 16.1 Å². The van der Waals surface area contributed by atoms with Crippen molar-refractivity contribution in [1.82, 2.24) is 20.2 Å². The van der Waals surface area contributed by atoms with Crippen molar-refractivity contribution in [3.05, 3.63) is 63.9 Å². The van der Waals surface area contributed by atoms with Crippen LogP contribution in [-0.2, 0) is 4.79 Å². The molecule has 0 fully saturated rings.